The van der Waals surface area contributed by atoms with Crippen molar-refractivity contribution in [2.75, 3.05) is 6.61 Å². The molecule has 0 fully saturated rings. The molecule has 0 aliphatic heterocycles. The summed E-state index contributed by atoms with van der Waals surface area (Å²) in [7, 11) is 0. The maximum atomic E-state index is 11.0. The topological polar surface area (TPSA) is 63.8 Å². The lowest BCUT2D eigenvalue weighted by Crippen LogP contribution is -1.97. The number of aromatic nitrogens is 2. The predicted octanol–water partition coefficient (Wildman–Crippen LogP) is 3.47. The van der Waals surface area contributed by atoms with E-state index >= 15 is 0 Å². The van der Waals surface area contributed by atoms with Gasteiger partial charge in [-0.3, -0.25) is 4.40 Å². The minimum absolute atomic E-state index is 0.0497. The Bertz CT molecular complexity index is 820. The number of carboxylic acid groups (broad SMARTS) is 1. The highest BCUT2D eigenvalue weighted by atomic mass is 32.1. The first kappa shape index (κ1) is 13.6. The van der Waals surface area contributed by atoms with Gasteiger partial charge in [-0.1, -0.05) is 11.6 Å². The third-order valence-corrected chi connectivity index (χ3v) is 3.98. The molecule has 3 aromatic rings. The summed E-state index contributed by atoms with van der Waals surface area (Å²) in [6.07, 6.45) is 1.54. The van der Waals surface area contributed by atoms with Crippen LogP contribution in [-0.2, 0) is 0 Å². The Morgan fingerprint density at radius 2 is 2.29 bits per heavy atom. The molecule has 108 valence electrons. The maximum absolute atomic E-state index is 11.0. The normalized spacial score (nSPS) is 11.0. The second kappa shape index (κ2) is 5.21. The van der Waals surface area contributed by atoms with Crippen molar-refractivity contribution in [2.24, 2.45) is 0 Å². The molecule has 0 bridgehead atoms. The van der Waals surface area contributed by atoms with Crippen molar-refractivity contribution in [3.05, 3.63) is 41.0 Å². The van der Waals surface area contributed by atoms with Crippen molar-refractivity contribution >= 4 is 22.3 Å². The van der Waals surface area contributed by atoms with E-state index in [2.05, 4.69) is 4.98 Å². The van der Waals surface area contributed by atoms with E-state index in [-0.39, 0.29) is 5.69 Å². The molecule has 0 amide bonds. The predicted molar refractivity (Wildman–Crippen MR) is 81.4 cm³/mol. The zero-order valence-corrected chi connectivity index (χ0v) is 12.5. The number of imidazole rings is 1. The fourth-order valence-electron chi connectivity index (χ4n) is 2.21. The Morgan fingerprint density at radius 1 is 1.48 bits per heavy atom. The monoisotopic (exact) mass is 302 g/mol. The van der Waals surface area contributed by atoms with Crippen LogP contribution in [0.4, 0.5) is 0 Å². The largest absolute Gasteiger partial charge is 0.493 e. The highest BCUT2D eigenvalue weighted by Gasteiger charge is 2.16. The van der Waals surface area contributed by atoms with Crippen molar-refractivity contribution in [3.8, 4) is 17.0 Å². The van der Waals surface area contributed by atoms with E-state index in [1.54, 1.807) is 10.6 Å². The summed E-state index contributed by atoms with van der Waals surface area (Å²) in [5, 5.41) is 11.0. The number of carboxylic acids is 1. The van der Waals surface area contributed by atoms with Gasteiger partial charge in [0.25, 0.3) is 0 Å². The van der Waals surface area contributed by atoms with Gasteiger partial charge in [0.2, 0.25) is 0 Å². The first-order valence-corrected chi connectivity index (χ1v) is 7.42. The second-order valence-electron chi connectivity index (χ2n) is 4.64. The van der Waals surface area contributed by atoms with Crippen molar-refractivity contribution < 1.29 is 14.6 Å². The second-order valence-corrected chi connectivity index (χ2v) is 5.47. The number of hydrogen-bond donors (Lipinski definition) is 1. The van der Waals surface area contributed by atoms with E-state index in [0.29, 0.717) is 11.6 Å². The van der Waals surface area contributed by atoms with Gasteiger partial charge in [0.05, 0.1) is 12.3 Å². The van der Waals surface area contributed by atoms with Crippen LogP contribution >= 0.6 is 11.3 Å². The molecule has 21 heavy (non-hydrogen) atoms. The molecular weight excluding hydrogens is 288 g/mol. The summed E-state index contributed by atoms with van der Waals surface area (Å²) in [5.74, 6) is -0.237. The lowest BCUT2D eigenvalue weighted by atomic mass is 10.1. The number of thiazole rings is 1. The Hall–Kier alpha value is -2.34. The van der Waals surface area contributed by atoms with E-state index in [4.69, 9.17) is 9.84 Å². The van der Waals surface area contributed by atoms with E-state index in [1.807, 2.05) is 37.4 Å². The molecule has 5 nitrogen and oxygen atoms in total. The van der Waals surface area contributed by atoms with Gasteiger partial charge < -0.3 is 9.84 Å². The van der Waals surface area contributed by atoms with Crippen LogP contribution in [0.5, 0.6) is 5.75 Å². The average molecular weight is 302 g/mol. The molecule has 0 saturated carbocycles. The van der Waals surface area contributed by atoms with E-state index in [0.717, 1.165) is 22.6 Å². The molecule has 0 atom stereocenters. The summed E-state index contributed by atoms with van der Waals surface area (Å²) in [5.41, 5.74) is 3.00. The standard InChI is InChI=1S/C15H14N2O3S/c1-3-20-13-5-4-9(2)6-10(13)12-8-21-15-16-11(14(18)19)7-17(12)15/h4-8H,3H2,1-2H3,(H,18,19). The molecule has 2 aromatic heterocycles. The van der Waals surface area contributed by atoms with Gasteiger partial charge in [0.15, 0.2) is 10.7 Å². The van der Waals surface area contributed by atoms with Crippen molar-refractivity contribution in [1.29, 1.82) is 0 Å². The van der Waals surface area contributed by atoms with Crippen LogP contribution in [0.2, 0.25) is 0 Å². The number of fused-ring (bicyclic) bond motifs is 1. The third-order valence-electron chi connectivity index (χ3n) is 3.14. The zero-order chi connectivity index (χ0) is 15.0. The molecule has 0 spiro atoms. The SMILES string of the molecule is CCOc1ccc(C)cc1-c1csc2nc(C(=O)O)cn12. The van der Waals surface area contributed by atoms with E-state index < -0.39 is 5.97 Å². The minimum Gasteiger partial charge on any atom is -0.493 e. The fraction of sp³-hybridized carbons (Fsp3) is 0.200. The summed E-state index contributed by atoms with van der Waals surface area (Å²) >= 11 is 1.41. The number of aromatic carboxylic acids is 1. The van der Waals surface area contributed by atoms with Crippen LogP contribution in [0.1, 0.15) is 23.0 Å². The smallest absolute Gasteiger partial charge is 0.356 e. The molecule has 0 aliphatic carbocycles. The highest BCUT2D eigenvalue weighted by Crippen LogP contribution is 2.34. The summed E-state index contributed by atoms with van der Waals surface area (Å²) in [4.78, 5) is 15.8. The number of aryl methyl sites for hydroxylation is 1. The van der Waals surface area contributed by atoms with Crippen molar-refractivity contribution in [2.45, 2.75) is 13.8 Å². The van der Waals surface area contributed by atoms with Crippen LogP contribution in [0.15, 0.2) is 29.8 Å². The first-order valence-electron chi connectivity index (χ1n) is 6.54. The Morgan fingerprint density at radius 3 is 3.00 bits per heavy atom. The Kier molecular flexibility index (Phi) is 3.39. The number of carbonyl (C=O) groups is 1. The van der Waals surface area contributed by atoms with E-state index in [1.165, 1.54) is 11.3 Å². The summed E-state index contributed by atoms with van der Waals surface area (Å²) in [6.45, 7) is 4.53. The maximum Gasteiger partial charge on any atom is 0.356 e. The van der Waals surface area contributed by atoms with Gasteiger partial charge in [-0.25, -0.2) is 9.78 Å². The van der Waals surface area contributed by atoms with Gasteiger partial charge in [-0.2, -0.15) is 0 Å². The summed E-state index contributed by atoms with van der Waals surface area (Å²) in [6, 6.07) is 5.97. The molecule has 0 radical (unpaired) electrons. The molecule has 2 heterocycles. The number of rotatable bonds is 4. The molecule has 1 aromatic carbocycles. The molecule has 0 unspecified atom stereocenters. The fourth-order valence-corrected chi connectivity index (χ4v) is 3.08. The van der Waals surface area contributed by atoms with Crippen LogP contribution in [-0.4, -0.2) is 27.1 Å². The van der Waals surface area contributed by atoms with Crippen LogP contribution < -0.4 is 4.74 Å². The first-order chi connectivity index (χ1) is 10.1. The van der Waals surface area contributed by atoms with Gasteiger partial charge in [-0.15, -0.1) is 11.3 Å². The average Bonchev–Trinajstić information content (AvgIpc) is 3.01. The van der Waals surface area contributed by atoms with Gasteiger partial charge in [0, 0.05) is 17.1 Å². The Labute approximate surface area is 125 Å². The number of benzene rings is 1. The lowest BCUT2D eigenvalue weighted by molar-refractivity contribution is 0.0691. The molecular formula is C15H14N2O3S. The van der Waals surface area contributed by atoms with Crippen molar-refractivity contribution in [3.63, 3.8) is 0 Å². The van der Waals surface area contributed by atoms with Gasteiger partial charge >= 0.3 is 5.97 Å². The minimum atomic E-state index is -1.02. The highest BCUT2D eigenvalue weighted by molar-refractivity contribution is 7.15. The van der Waals surface area contributed by atoms with Crippen LogP contribution in [0.3, 0.4) is 0 Å². The van der Waals surface area contributed by atoms with Gasteiger partial charge in [0.1, 0.15) is 5.75 Å². The molecule has 6 heteroatoms. The quantitative estimate of drug-likeness (QED) is 0.801. The number of ether oxygens (including phenoxy) is 1. The Balaban J connectivity index is 2.19. The number of hydrogen-bond acceptors (Lipinski definition) is 4. The summed E-state index contributed by atoms with van der Waals surface area (Å²) < 4.78 is 7.47. The molecule has 3 rings (SSSR count). The van der Waals surface area contributed by atoms with Gasteiger partial charge in [-0.05, 0) is 26.0 Å². The third kappa shape index (κ3) is 2.38. The van der Waals surface area contributed by atoms with Crippen molar-refractivity contribution in [1.82, 2.24) is 9.38 Å². The molecule has 0 saturated heterocycles. The zero-order valence-electron chi connectivity index (χ0n) is 11.7. The molecule has 0 aliphatic rings. The van der Waals surface area contributed by atoms with E-state index in [9.17, 15) is 4.79 Å². The lowest BCUT2D eigenvalue weighted by Gasteiger charge is -2.10. The number of nitrogens with zero attached hydrogens (tertiary/aromatic N) is 2. The molecule has 1 N–H and O–H groups in total. The van der Waals surface area contributed by atoms with Crippen LogP contribution in [0, 0.1) is 6.92 Å². The van der Waals surface area contributed by atoms with Crippen LogP contribution in [0.25, 0.3) is 16.2 Å².